The molecule has 3 N–H and O–H groups in total. The van der Waals surface area contributed by atoms with E-state index in [-0.39, 0.29) is 17.9 Å². The number of para-hydroxylation sites is 1. The number of rotatable bonds is 4. The Labute approximate surface area is 151 Å². The van der Waals surface area contributed by atoms with Crippen molar-refractivity contribution in [2.45, 2.75) is 50.7 Å². The van der Waals surface area contributed by atoms with Gasteiger partial charge < -0.3 is 15.4 Å². The number of hydrogen-bond acceptors (Lipinski definition) is 4. The third-order valence-electron chi connectivity index (χ3n) is 5.04. The number of nitrogens with zero attached hydrogens (tertiary/aromatic N) is 1. The second-order valence-electron chi connectivity index (χ2n) is 7.02. The number of aromatic amines is 1. The van der Waals surface area contributed by atoms with E-state index in [0.29, 0.717) is 18.2 Å². The number of ether oxygens (including phenoxy) is 1. The molecular weight excluding hydrogens is 332 g/mol. The number of hydrogen-bond donors (Lipinski definition) is 3. The van der Waals surface area contributed by atoms with Crippen molar-refractivity contribution >= 4 is 17.6 Å². The summed E-state index contributed by atoms with van der Waals surface area (Å²) in [5, 5.41) is 12.9. The Hall–Kier alpha value is -2.83. The zero-order chi connectivity index (χ0) is 18.1. The number of anilines is 1. The lowest BCUT2D eigenvalue weighted by Gasteiger charge is -2.34. The number of nitrogens with one attached hydrogen (secondary N) is 3. The van der Waals surface area contributed by atoms with Gasteiger partial charge in [0.15, 0.2) is 11.9 Å². The molecule has 1 aromatic heterocycles. The first-order chi connectivity index (χ1) is 12.6. The minimum atomic E-state index is -0.502. The molecule has 26 heavy (non-hydrogen) atoms. The molecule has 7 heteroatoms. The predicted octanol–water partition coefficient (Wildman–Crippen LogP) is 2.12. The van der Waals surface area contributed by atoms with Crippen molar-refractivity contribution in [2.24, 2.45) is 0 Å². The highest BCUT2D eigenvalue weighted by molar-refractivity contribution is 5.93. The number of aromatic nitrogens is 2. The minimum Gasteiger partial charge on any atom is -0.480 e. The summed E-state index contributed by atoms with van der Waals surface area (Å²) in [5.74, 6) is 1.45. The van der Waals surface area contributed by atoms with Crippen LogP contribution in [-0.2, 0) is 16.0 Å². The molecule has 2 amide bonds. The highest BCUT2D eigenvalue weighted by Gasteiger charge is 2.32. The molecule has 0 bridgehead atoms. The van der Waals surface area contributed by atoms with Crippen molar-refractivity contribution < 1.29 is 14.3 Å². The number of amides is 2. The van der Waals surface area contributed by atoms with E-state index in [1.807, 2.05) is 30.3 Å². The summed E-state index contributed by atoms with van der Waals surface area (Å²) in [6, 6.07) is 9.90. The zero-order valence-electron chi connectivity index (χ0n) is 14.6. The number of benzene rings is 1. The van der Waals surface area contributed by atoms with E-state index in [2.05, 4.69) is 20.8 Å². The first-order valence-electron chi connectivity index (χ1n) is 8.96. The van der Waals surface area contributed by atoms with E-state index >= 15 is 0 Å². The molecule has 1 unspecified atom stereocenters. The first-order valence-corrected chi connectivity index (χ1v) is 8.96. The van der Waals surface area contributed by atoms with Crippen molar-refractivity contribution in [1.82, 2.24) is 15.5 Å². The van der Waals surface area contributed by atoms with Crippen LogP contribution < -0.4 is 15.4 Å². The lowest BCUT2D eigenvalue weighted by Crippen LogP contribution is -2.42. The van der Waals surface area contributed by atoms with Crippen LogP contribution in [0.5, 0.6) is 5.75 Å². The molecule has 2 heterocycles. The van der Waals surface area contributed by atoms with Crippen LogP contribution in [0.4, 0.5) is 5.82 Å². The fourth-order valence-electron chi connectivity index (χ4n) is 3.60. The number of aryl methyl sites for hydroxylation is 1. The molecule has 1 aliphatic heterocycles. The van der Waals surface area contributed by atoms with Crippen molar-refractivity contribution in [3.8, 4) is 5.75 Å². The molecule has 0 spiro atoms. The molecule has 0 saturated heterocycles. The normalized spacial score (nSPS) is 24.0. The van der Waals surface area contributed by atoms with Crippen LogP contribution in [0.3, 0.4) is 0 Å². The van der Waals surface area contributed by atoms with Crippen LogP contribution in [-0.4, -0.2) is 34.2 Å². The average molecular weight is 354 g/mol. The Morgan fingerprint density at radius 2 is 2.08 bits per heavy atom. The van der Waals surface area contributed by atoms with Crippen LogP contribution in [0.15, 0.2) is 30.3 Å². The lowest BCUT2D eigenvalue weighted by molar-refractivity contribution is -0.123. The topological polar surface area (TPSA) is 96.1 Å². The van der Waals surface area contributed by atoms with Gasteiger partial charge in [-0.3, -0.25) is 14.7 Å². The second-order valence-corrected chi connectivity index (χ2v) is 7.02. The molecule has 2 aromatic rings. The smallest absolute Gasteiger partial charge is 0.266 e. The zero-order valence-corrected chi connectivity index (χ0v) is 14.6. The lowest BCUT2D eigenvalue weighted by atomic mass is 9.78. The highest BCUT2D eigenvalue weighted by Crippen LogP contribution is 2.36. The monoisotopic (exact) mass is 354 g/mol. The van der Waals surface area contributed by atoms with Crippen molar-refractivity contribution in [2.75, 3.05) is 5.32 Å². The Morgan fingerprint density at radius 1 is 1.27 bits per heavy atom. The maximum atomic E-state index is 12.5. The molecular formula is C19H22N4O3. The molecule has 7 nitrogen and oxygen atoms in total. The Bertz CT molecular complexity index is 826. The summed E-state index contributed by atoms with van der Waals surface area (Å²) >= 11 is 0. The van der Waals surface area contributed by atoms with Crippen molar-refractivity contribution in [3.63, 3.8) is 0 Å². The molecule has 4 rings (SSSR count). The summed E-state index contributed by atoms with van der Waals surface area (Å²) in [4.78, 5) is 23.5. The van der Waals surface area contributed by atoms with Gasteiger partial charge in [0.25, 0.3) is 5.91 Å². The molecule has 1 saturated carbocycles. The van der Waals surface area contributed by atoms with E-state index in [0.717, 1.165) is 36.3 Å². The maximum Gasteiger partial charge on any atom is 0.266 e. The summed E-state index contributed by atoms with van der Waals surface area (Å²) in [6.07, 6.45) is 2.75. The van der Waals surface area contributed by atoms with Crippen molar-refractivity contribution in [1.29, 1.82) is 0 Å². The summed E-state index contributed by atoms with van der Waals surface area (Å²) in [7, 11) is 0. The van der Waals surface area contributed by atoms with E-state index in [4.69, 9.17) is 4.74 Å². The van der Waals surface area contributed by atoms with Gasteiger partial charge in [0, 0.05) is 30.6 Å². The van der Waals surface area contributed by atoms with E-state index in [1.165, 1.54) is 6.92 Å². The molecule has 1 atom stereocenters. The summed E-state index contributed by atoms with van der Waals surface area (Å²) < 4.78 is 5.81. The number of fused-ring (bicyclic) bond motifs is 1. The molecule has 136 valence electrons. The minimum absolute atomic E-state index is 0.0000635. The maximum absolute atomic E-state index is 12.5. The fourth-order valence-corrected chi connectivity index (χ4v) is 3.60. The van der Waals surface area contributed by atoms with E-state index in [9.17, 15) is 9.59 Å². The van der Waals surface area contributed by atoms with Gasteiger partial charge in [0.05, 0.1) is 0 Å². The van der Waals surface area contributed by atoms with Gasteiger partial charge in [0.2, 0.25) is 5.91 Å². The molecule has 0 radical (unpaired) electrons. The van der Waals surface area contributed by atoms with Gasteiger partial charge in [0.1, 0.15) is 5.75 Å². The third kappa shape index (κ3) is 3.42. The van der Waals surface area contributed by atoms with Crippen molar-refractivity contribution in [3.05, 3.63) is 41.6 Å². The molecule has 1 aromatic carbocycles. The number of H-pyrrole nitrogens is 1. The van der Waals surface area contributed by atoms with Gasteiger partial charge in [-0.15, -0.1) is 0 Å². The number of carbonyl (C=O) groups is 2. The van der Waals surface area contributed by atoms with Crippen LogP contribution in [0, 0.1) is 0 Å². The highest BCUT2D eigenvalue weighted by atomic mass is 16.5. The first kappa shape index (κ1) is 16.6. The SMILES string of the molecule is CC(=O)NC1CC(c2cc(NC(=O)C3CCc4ccccc4O3)n[nH]2)C1. The standard InChI is InChI=1S/C19H22N4O3/c1-11(24)20-14-8-13(9-14)15-10-18(23-22-15)21-19(25)17-7-6-12-4-2-3-5-16(12)26-17/h2-5,10,13-14,17H,6-9H2,1H3,(H,20,24)(H2,21,22,23,25). The average Bonchev–Trinajstić information content (AvgIpc) is 3.05. The molecule has 1 fully saturated rings. The van der Waals surface area contributed by atoms with Gasteiger partial charge in [-0.25, -0.2) is 0 Å². The van der Waals surface area contributed by atoms with Gasteiger partial charge >= 0.3 is 0 Å². The third-order valence-corrected chi connectivity index (χ3v) is 5.04. The quantitative estimate of drug-likeness (QED) is 0.784. The second kappa shape index (κ2) is 6.82. The van der Waals surface area contributed by atoms with Gasteiger partial charge in [-0.1, -0.05) is 18.2 Å². The van der Waals surface area contributed by atoms with Crippen LogP contribution in [0.25, 0.3) is 0 Å². The largest absolute Gasteiger partial charge is 0.480 e. The van der Waals surface area contributed by atoms with Crippen LogP contribution in [0.2, 0.25) is 0 Å². The predicted molar refractivity (Wildman–Crippen MR) is 96.0 cm³/mol. The van der Waals surface area contributed by atoms with E-state index in [1.54, 1.807) is 0 Å². The van der Waals surface area contributed by atoms with Gasteiger partial charge in [-0.05, 0) is 37.3 Å². The Balaban J connectivity index is 1.32. The molecule has 1 aliphatic carbocycles. The van der Waals surface area contributed by atoms with E-state index < -0.39 is 6.10 Å². The summed E-state index contributed by atoms with van der Waals surface area (Å²) in [5.41, 5.74) is 2.12. The van der Waals surface area contributed by atoms with Crippen LogP contribution >= 0.6 is 0 Å². The Morgan fingerprint density at radius 3 is 2.88 bits per heavy atom. The van der Waals surface area contributed by atoms with Crippen LogP contribution in [0.1, 0.15) is 43.4 Å². The van der Waals surface area contributed by atoms with Gasteiger partial charge in [-0.2, -0.15) is 5.10 Å². The summed E-state index contributed by atoms with van der Waals surface area (Å²) in [6.45, 7) is 1.53. The fraction of sp³-hybridized carbons (Fsp3) is 0.421. The Kier molecular flexibility index (Phi) is 4.36. The number of carbonyl (C=O) groups excluding carboxylic acids is 2. The molecule has 2 aliphatic rings.